The van der Waals surface area contributed by atoms with Gasteiger partial charge in [-0.05, 0) is 69.3 Å². The number of tetrazole rings is 1. The molecule has 0 aliphatic rings. The monoisotopic (exact) mass is 543 g/mol. The molecule has 0 aliphatic heterocycles. The Labute approximate surface area is 231 Å². The van der Waals surface area contributed by atoms with Crippen LogP contribution in [0.1, 0.15) is 41.0 Å². The number of nitrogens with zero attached hydrogens (tertiary/aromatic N) is 6. The quantitative estimate of drug-likeness (QED) is 0.260. The highest BCUT2D eigenvalue weighted by atomic mass is 35.5. The summed E-state index contributed by atoms with van der Waals surface area (Å²) >= 11 is 6.62. The van der Waals surface area contributed by atoms with E-state index in [9.17, 15) is 4.79 Å². The topological polar surface area (TPSA) is 102 Å². The Balaban J connectivity index is 1.70. The SMILES string of the molecule is CCc1ccc2[nH]c(=O)c([C@H](c3nnnn3CCOC)N(Cc3cccnc3)Cc3ccccc3Cl)cc2c1. The first-order valence-corrected chi connectivity index (χ1v) is 13.2. The molecule has 0 amide bonds. The van der Waals surface area contributed by atoms with Gasteiger partial charge in [0.25, 0.3) is 5.56 Å². The van der Waals surface area contributed by atoms with Crippen molar-refractivity contribution in [3.05, 3.63) is 117 Å². The molecule has 0 spiro atoms. The Bertz CT molecular complexity index is 1600. The van der Waals surface area contributed by atoms with Crippen molar-refractivity contribution in [1.29, 1.82) is 0 Å². The summed E-state index contributed by atoms with van der Waals surface area (Å²) < 4.78 is 7.00. The van der Waals surface area contributed by atoms with Crippen LogP contribution in [-0.4, -0.2) is 48.8 Å². The minimum atomic E-state index is -0.591. The smallest absolute Gasteiger partial charge is 0.253 e. The maximum atomic E-state index is 13.7. The molecule has 2 aromatic carbocycles. The molecule has 3 heterocycles. The summed E-state index contributed by atoms with van der Waals surface area (Å²) in [6, 6.07) is 19.1. The lowest BCUT2D eigenvalue weighted by Gasteiger charge is -2.31. The standard InChI is InChI=1S/C29H30ClN7O2/c1-3-20-10-11-26-23(15-20)16-24(29(38)32-26)27(28-33-34-35-37(28)13-14-39-2)36(18-21-7-6-12-31-17-21)19-22-8-4-5-9-25(22)30/h4-12,15-17,27H,3,13-14,18-19H2,1-2H3,(H,32,38)/t27-/m1/s1. The van der Waals surface area contributed by atoms with Crippen LogP contribution >= 0.6 is 11.6 Å². The second kappa shape index (κ2) is 12.3. The lowest BCUT2D eigenvalue weighted by molar-refractivity contribution is 0.169. The highest BCUT2D eigenvalue weighted by Crippen LogP contribution is 2.31. The van der Waals surface area contributed by atoms with Crippen LogP contribution in [-0.2, 0) is 30.8 Å². The van der Waals surface area contributed by atoms with Gasteiger partial charge in [-0.25, -0.2) is 4.68 Å². The molecule has 0 bridgehead atoms. The van der Waals surface area contributed by atoms with Crippen LogP contribution in [0.5, 0.6) is 0 Å². The zero-order valence-corrected chi connectivity index (χ0v) is 22.7. The number of halogens is 1. The van der Waals surface area contributed by atoms with E-state index >= 15 is 0 Å². The summed E-state index contributed by atoms with van der Waals surface area (Å²) in [5, 5.41) is 14.2. The third kappa shape index (κ3) is 6.06. The van der Waals surface area contributed by atoms with Crippen molar-refractivity contribution in [1.82, 2.24) is 35.1 Å². The number of rotatable bonds is 11. The molecule has 0 aliphatic carbocycles. The number of aromatic nitrogens is 6. The zero-order valence-electron chi connectivity index (χ0n) is 21.9. The summed E-state index contributed by atoms with van der Waals surface area (Å²) in [6.45, 7) is 3.90. The van der Waals surface area contributed by atoms with Crippen molar-refractivity contribution in [2.45, 2.75) is 39.0 Å². The molecule has 10 heteroatoms. The average molecular weight is 544 g/mol. The Hall–Kier alpha value is -3.92. The fourth-order valence-corrected chi connectivity index (χ4v) is 4.95. The van der Waals surface area contributed by atoms with Gasteiger partial charge in [-0.3, -0.25) is 14.7 Å². The van der Waals surface area contributed by atoms with E-state index in [4.69, 9.17) is 16.3 Å². The third-order valence-corrected chi connectivity index (χ3v) is 7.13. The second-order valence-electron chi connectivity index (χ2n) is 9.34. The van der Waals surface area contributed by atoms with Crippen LogP contribution in [0.2, 0.25) is 5.02 Å². The van der Waals surface area contributed by atoms with Crippen molar-refractivity contribution < 1.29 is 4.74 Å². The van der Waals surface area contributed by atoms with Gasteiger partial charge >= 0.3 is 0 Å². The summed E-state index contributed by atoms with van der Waals surface area (Å²) in [7, 11) is 1.63. The summed E-state index contributed by atoms with van der Waals surface area (Å²) in [6.07, 6.45) is 4.45. The summed E-state index contributed by atoms with van der Waals surface area (Å²) in [4.78, 5) is 23.3. The van der Waals surface area contributed by atoms with Crippen LogP contribution in [0.25, 0.3) is 10.9 Å². The number of benzene rings is 2. The van der Waals surface area contributed by atoms with Crippen molar-refractivity contribution in [2.75, 3.05) is 13.7 Å². The van der Waals surface area contributed by atoms with Gasteiger partial charge in [-0.1, -0.05) is 48.9 Å². The van der Waals surface area contributed by atoms with Gasteiger partial charge in [-0.15, -0.1) is 5.10 Å². The number of aromatic amines is 1. The Morgan fingerprint density at radius 1 is 1.08 bits per heavy atom. The minimum Gasteiger partial charge on any atom is -0.383 e. The van der Waals surface area contributed by atoms with Crippen LogP contribution in [0, 0.1) is 0 Å². The minimum absolute atomic E-state index is 0.201. The van der Waals surface area contributed by atoms with Gasteiger partial charge in [0.1, 0.15) is 6.04 Å². The van der Waals surface area contributed by atoms with Gasteiger partial charge in [0.2, 0.25) is 0 Å². The Morgan fingerprint density at radius 2 is 1.95 bits per heavy atom. The van der Waals surface area contributed by atoms with Gasteiger partial charge < -0.3 is 9.72 Å². The molecule has 9 nitrogen and oxygen atoms in total. The van der Waals surface area contributed by atoms with E-state index in [1.54, 1.807) is 18.0 Å². The predicted molar refractivity (Wildman–Crippen MR) is 150 cm³/mol. The molecule has 5 rings (SSSR count). The first-order chi connectivity index (χ1) is 19.1. The number of hydrogen-bond donors (Lipinski definition) is 1. The van der Waals surface area contributed by atoms with E-state index in [-0.39, 0.29) is 5.56 Å². The van der Waals surface area contributed by atoms with E-state index in [0.717, 1.165) is 28.5 Å². The number of aryl methyl sites for hydroxylation is 1. The van der Waals surface area contributed by atoms with Gasteiger partial charge in [-0.2, -0.15) is 0 Å². The van der Waals surface area contributed by atoms with Crippen molar-refractivity contribution in [3.8, 4) is 0 Å². The molecular weight excluding hydrogens is 514 g/mol. The predicted octanol–water partition coefficient (Wildman–Crippen LogP) is 4.56. The van der Waals surface area contributed by atoms with Gasteiger partial charge in [0, 0.05) is 48.7 Å². The molecule has 39 heavy (non-hydrogen) atoms. The van der Waals surface area contributed by atoms with Crippen LogP contribution < -0.4 is 5.56 Å². The highest BCUT2D eigenvalue weighted by molar-refractivity contribution is 6.31. The van der Waals surface area contributed by atoms with Gasteiger partial charge in [0.15, 0.2) is 5.82 Å². The molecule has 0 radical (unpaired) electrons. The molecule has 0 unspecified atom stereocenters. The number of nitrogens with one attached hydrogen (secondary N) is 1. The number of pyridine rings is 2. The first kappa shape index (κ1) is 26.7. The maximum absolute atomic E-state index is 13.7. The van der Waals surface area contributed by atoms with E-state index < -0.39 is 6.04 Å². The fourth-order valence-electron chi connectivity index (χ4n) is 4.75. The molecule has 0 saturated carbocycles. The molecule has 5 aromatic rings. The lowest BCUT2D eigenvalue weighted by atomic mass is 10.0. The number of ether oxygens (including phenoxy) is 1. The normalized spacial score (nSPS) is 12.3. The molecule has 0 fully saturated rings. The lowest BCUT2D eigenvalue weighted by Crippen LogP contribution is -2.35. The van der Waals surface area contributed by atoms with E-state index in [0.29, 0.717) is 42.7 Å². The largest absolute Gasteiger partial charge is 0.383 e. The van der Waals surface area contributed by atoms with E-state index in [1.165, 1.54) is 5.56 Å². The average Bonchev–Trinajstić information content (AvgIpc) is 3.41. The summed E-state index contributed by atoms with van der Waals surface area (Å²) in [5.41, 5.74) is 4.22. The van der Waals surface area contributed by atoms with Crippen molar-refractivity contribution in [2.24, 2.45) is 0 Å². The zero-order chi connectivity index (χ0) is 27.2. The van der Waals surface area contributed by atoms with Crippen molar-refractivity contribution >= 4 is 22.5 Å². The number of methoxy groups -OCH3 is 1. The number of H-pyrrole nitrogens is 1. The Morgan fingerprint density at radius 3 is 2.72 bits per heavy atom. The molecule has 1 atom stereocenters. The molecular formula is C29H30ClN7O2. The summed E-state index contributed by atoms with van der Waals surface area (Å²) in [5.74, 6) is 0.541. The van der Waals surface area contributed by atoms with E-state index in [1.807, 2.05) is 60.8 Å². The van der Waals surface area contributed by atoms with Crippen LogP contribution in [0.3, 0.4) is 0 Å². The molecule has 200 valence electrons. The molecule has 1 N–H and O–H groups in total. The third-order valence-electron chi connectivity index (χ3n) is 6.76. The number of hydrogen-bond acceptors (Lipinski definition) is 7. The highest BCUT2D eigenvalue weighted by Gasteiger charge is 2.31. The van der Waals surface area contributed by atoms with Crippen LogP contribution in [0.15, 0.2) is 77.9 Å². The van der Waals surface area contributed by atoms with Crippen molar-refractivity contribution in [3.63, 3.8) is 0 Å². The maximum Gasteiger partial charge on any atom is 0.253 e. The Kier molecular flexibility index (Phi) is 8.41. The molecule has 0 saturated heterocycles. The number of fused-ring (bicyclic) bond motifs is 1. The van der Waals surface area contributed by atoms with Crippen LogP contribution in [0.4, 0.5) is 0 Å². The first-order valence-electron chi connectivity index (χ1n) is 12.8. The fraction of sp³-hybridized carbons (Fsp3) is 0.276. The van der Waals surface area contributed by atoms with E-state index in [2.05, 4.69) is 43.4 Å². The second-order valence-corrected chi connectivity index (χ2v) is 9.75. The molecule has 3 aromatic heterocycles. The van der Waals surface area contributed by atoms with Gasteiger partial charge in [0.05, 0.1) is 13.2 Å².